The first-order valence-corrected chi connectivity index (χ1v) is 11.0. The number of nitrogens with one attached hydrogen (secondary N) is 1. The highest BCUT2D eigenvalue weighted by atomic mass is 32.2. The normalized spacial score (nSPS) is 32.7. The first kappa shape index (κ1) is 19.5. The fraction of sp³-hybridized carbons (Fsp3) is 0.789. The number of β-lactam (4-membered cyclic amide) rings is 1. The van der Waals surface area contributed by atoms with Gasteiger partial charge < -0.3 is 20.2 Å². The van der Waals surface area contributed by atoms with Crippen molar-refractivity contribution in [1.29, 1.82) is 0 Å². The predicted molar refractivity (Wildman–Crippen MR) is 110 cm³/mol. The summed E-state index contributed by atoms with van der Waals surface area (Å²) < 4.78 is -0.495. The van der Waals surface area contributed by atoms with Crippen LogP contribution in [0.25, 0.3) is 0 Å². The van der Waals surface area contributed by atoms with Gasteiger partial charge in [-0.3, -0.25) is 14.8 Å². The Bertz CT molecular complexity index is 702. The minimum absolute atomic E-state index is 0.159. The van der Waals surface area contributed by atoms with Crippen LogP contribution in [-0.4, -0.2) is 87.3 Å². The van der Waals surface area contributed by atoms with Gasteiger partial charge in [0.05, 0.1) is 12.2 Å². The number of piperidine rings is 1. The summed E-state index contributed by atoms with van der Waals surface area (Å²) in [6, 6.07) is -1.22. The third-order valence-electron chi connectivity index (χ3n) is 6.14. The van der Waals surface area contributed by atoms with Gasteiger partial charge in [0, 0.05) is 37.3 Å². The number of rotatable bonds is 5. The molecule has 3 saturated heterocycles. The van der Waals surface area contributed by atoms with Gasteiger partial charge in [-0.15, -0.1) is 11.8 Å². The van der Waals surface area contributed by atoms with Gasteiger partial charge >= 0.3 is 5.97 Å². The van der Waals surface area contributed by atoms with Gasteiger partial charge in [-0.05, 0) is 39.0 Å². The summed E-state index contributed by atoms with van der Waals surface area (Å²) in [6.07, 6.45) is 6.17. The summed E-state index contributed by atoms with van der Waals surface area (Å²) in [5.41, 5.74) is 0. The second kappa shape index (κ2) is 7.57. The van der Waals surface area contributed by atoms with E-state index in [2.05, 4.69) is 20.2 Å². The molecule has 4 aliphatic rings. The predicted octanol–water partition coefficient (Wildman–Crippen LogP) is 1.02. The number of amides is 1. The summed E-state index contributed by atoms with van der Waals surface area (Å²) in [5.74, 6) is 0.711. The Balaban J connectivity index is 1.29. The van der Waals surface area contributed by atoms with E-state index in [9.17, 15) is 14.7 Å². The Morgan fingerprint density at radius 3 is 2.82 bits per heavy atom. The quantitative estimate of drug-likeness (QED) is 0.401. The zero-order chi connectivity index (χ0) is 19.9. The molecule has 0 aliphatic carbocycles. The molecule has 0 aromatic heterocycles. The lowest BCUT2D eigenvalue weighted by molar-refractivity contribution is -0.158. The SMILES string of the molecule is CC1(C)SC2C(N=CN3CCC(CC4=NCCCN4)CC3)C(=O)N2[C@H]1C(=O)O. The molecule has 1 amide bonds. The first-order valence-electron chi connectivity index (χ1n) is 10.1. The van der Waals surface area contributed by atoms with E-state index in [1.807, 2.05) is 20.2 Å². The molecule has 8 nitrogen and oxygen atoms in total. The van der Waals surface area contributed by atoms with Gasteiger partial charge in [0.2, 0.25) is 0 Å². The number of thioether (sulfide) groups is 1. The van der Waals surface area contributed by atoms with E-state index in [1.165, 1.54) is 4.90 Å². The van der Waals surface area contributed by atoms with Crippen LogP contribution < -0.4 is 5.32 Å². The zero-order valence-corrected chi connectivity index (χ0v) is 17.3. The van der Waals surface area contributed by atoms with Crippen molar-refractivity contribution in [3.8, 4) is 0 Å². The Hall–Kier alpha value is -1.77. The molecular weight excluding hydrogens is 378 g/mol. The lowest BCUT2D eigenvalue weighted by atomic mass is 9.93. The lowest BCUT2D eigenvalue weighted by Crippen LogP contribution is -2.65. The molecule has 4 rings (SSSR count). The van der Waals surface area contributed by atoms with Gasteiger partial charge in [-0.2, -0.15) is 0 Å². The van der Waals surface area contributed by atoms with Crippen molar-refractivity contribution in [2.24, 2.45) is 15.9 Å². The molecule has 0 aromatic rings. The van der Waals surface area contributed by atoms with Crippen molar-refractivity contribution in [2.45, 2.75) is 61.7 Å². The van der Waals surface area contributed by atoms with Crippen LogP contribution in [0.2, 0.25) is 0 Å². The maximum Gasteiger partial charge on any atom is 0.327 e. The Labute approximate surface area is 169 Å². The van der Waals surface area contributed by atoms with Gasteiger partial charge in [0.1, 0.15) is 11.4 Å². The van der Waals surface area contributed by atoms with Crippen molar-refractivity contribution in [3.63, 3.8) is 0 Å². The van der Waals surface area contributed by atoms with Crippen LogP contribution in [0.1, 0.15) is 39.5 Å². The highest BCUT2D eigenvalue weighted by molar-refractivity contribution is 8.01. The molecule has 0 bridgehead atoms. The number of aliphatic imine (C=N–C) groups is 2. The number of carboxylic acid groups (broad SMARTS) is 1. The zero-order valence-electron chi connectivity index (χ0n) is 16.5. The van der Waals surface area contributed by atoms with Crippen LogP contribution in [0, 0.1) is 5.92 Å². The third kappa shape index (κ3) is 3.60. The number of carbonyl (C=O) groups is 2. The van der Waals surface area contributed by atoms with Gasteiger partial charge in [0.15, 0.2) is 6.04 Å². The van der Waals surface area contributed by atoms with E-state index < -0.39 is 22.8 Å². The number of hydrogen-bond donors (Lipinski definition) is 2. The second-order valence-electron chi connectivity index (χ2n) is 8.60. The number of nitrogens with zero attached hydrogens (tertiary/aromatic N) is 4. The fourth-order valence-corrected chi connectivity index (χ4v) is 6.18. The molecule has 0 aromatic carbocycles. The summed E-state index contributed by atoms with van der Waals surface area (Å²) >= 11 is 1.54. The van der Waals surface area contributed by atoms with E-state index in [1.54, 1.807) is 11.8 Å². The standard InChI is InChI=1S/C19H29N5O3S/c1-19(2)15(18(26)27)24-16(25)14(17(24)28-19)22-11-23-8-4-12(5-9-23)10-13-20-6-3-7-21-13/h11-12,14-15,17H,3-10H2,1-2H3,(H,20,21)(H,26,27)/t14?,15-,17?/m0/s1. The molecule has 0 radical (unpaired) electrons. The van der Waals surface area contributed by atoms with Crippen LogP contribution in [0.3, 0.4) is 0 Å². The van der Waals surface area contributed by atoms with E-state index in [0.717, 1.165) is 57.7 Å². The second-order valence-corrected chi connectivity index (χ2v) is 10.4. The highest BCUT2D eigenvalue weighted by Gasteiger charge is 2.63. The molecule has 2 N–H and O–H groups in total. The molecule has 0 saturated carbocycles. The molecule has 0 spiro atoms. The number of carboxylic acids is 1. The first-order chi connectivity index (χ1) is 13.4. The molecular formula is C19H29N5O3S. The van der Waals surface area contributed by atoms with Crippen LogP contribution in [-0.2, 0) is 9.59 Å². The smallest absolute Gasteiger partial charge is 0.327 e. The minimum Gasteiger partial charge on any atom is -0.480 e. The van der Waals surface area contributed by atoms with Gasteiger partial charge in [-0.1, -0.05) is 0 Å². The summed E-state index contributed by atoms with van der Waals surface area (Å²) in [5, 5.41) is 12.7. The van der Waals surface area contributed by atoms with E-state index >= 15 is 0 Å². The third-order valence-corrected chi connectivity index (χ3v) is 7.69. The number of carbonyl (C=O) groups excluding carboxylic acids is 1. The molecule has 28 heavy (non-hydrogen) atoms. The molecule has 9 heteroatoms. The molecule has 3 fully saturated rings. The lowest BCUT2D eigenvalue weighted by Gasteiger charge is -2.41. The van der Waals surface area contributed by atoms with Crippen molar-refractivity contribution in [3.05, 3.63) is 0 Å². The average molecular weight is 408 g/mol. The van der Waals surface area contributed by atoms with Crippen molar-refractivity contribution in [2.75, 3.05) is 26.2 Å². The summed E-state index contributed by atoms with van der Waals surface area (Å²) in [7, 11) is 0. The van der Waals surface area contributed by atoms with E-state index in [-0.39, 0.29) is 11.3 Å². The molecule has 4 heterocycles. The number of hydrogen-bond acceptors (Lipinski definition) is 6. The Kier molecular flexibility index (Phi) is 5.28. The largest absolute Gasteiger partial charge is 0.480 e. The molecule has 4 aliphatic heterocycles. The highest BCUT2D eigenvalue weighted by Crippen LogP contribution is 2.51. The monoisotopic (exact) mass is 407 g/mol. The van der Waals surface area contributed by atoms with Crippen LogP contribution in [0.15, 0.2) is 9.98 Å². The van der Waals surface area contributed by atoms with Crippen LogP contribution in [0.5, 0.6) is 0 Å². The average Bonchev–Trinajstić information content (AvgIpc) is 2.92. The van der Waals surface area contributed by atoms with Crippen molar-refractivity contribution >= 4 is 35.8 Å². The van der Waals surface area contributed by atoms with E-state index in [4.69, 9.17) is 0 Å². The molecule has 154 valence electrons. The number of amidine groups is 1. The number of likely N-dealkylation sites (tertiary alicyclic amines) is 1. The maximum atomic E-state index is 12.5. The minimum atomic E-state index is -0.935. The van der Waals surface area contributed by atoms with Crippen LogP contribution in [0.4, 0.5) is 0 Å². The number of fused-ring (bicyclic) bond motifs is 1. The summed E-state index contributed by atoms with van der Waals surface area (Å²) in [6.45, 7) is 7.63. The maximum absolute atomic E-state index is 12.5. The van der Waals surface area contributed by atoms with E-state index in [0.29, 0.717) is 5.92 Å². The van der Waals surface area contributed by atoms with Gasteiger partial charge in [0.25, 0.3) is 5.91 Å². The fourth-order valence-electron chi connectivity index (χ4n) is 4.56. The molecule has 2 unspecified atom stereocenters. The van der Waals surface area contributed by atoms with Crippen molar-refractivity contribution < 1.29 is 14.7 Å². The Morgan fingerprint density at radius 1 is 1.43 bits per heavy atom. The van der Waals surface area contributed by atoms with Crippen molar-refractivity contribution in [1.82, 2.24) is 15.1 Å². The molecule has 3 atom stereocenters. The van der Waals surface area contributed by atoms with Crippen LogP contribution >= 0.6 is 11.8 Å². The van der Waals surface area contributed by atoms with Gasteiger partial charge in [-0.25, -0.2) is 4.79 Å². The summed E-state index contributed by atoms with van der Waals surface area (Å²) in [4.78, 5) is 36.8. The topological polar surface area (TPSA) is 97.6 Å². The number of aliphatic carboxylic acids is 1. The Morgan fingerprint density at radius 2 is 2.18 bits per heavy atom.